The molecule has 0 fully saturated rings. The first kappa shape index (κ1) is 15.4. The summed E-state index contributed by atoms with van der Waals surface area (Å²) < 4.78 is 0. The number of aromatic nitrogens is 2. The van der Waals surface area contributed by atoms with Gasteiger partial charge in [0.1, 0.15) is 6.07 Å². The second kappa shape index (κ2) is 6.71. The number of hydrogen-bond acceptors (Lipinski definition) is 4. The molecule has 5 nitrogen and oxygen atoms in total. The van der Waals surface area contributed by atoms with Crippen LogP contribution in [0, 0.1) is 18.3 Å². The Labute approximate surface area is 139 Å². The standard InChI is InChI=1S/C19H14N4O/c1-13-16(12-21-18(22-13)14-7-3-2-4-8-14)19(24)23-17-10-6-5-9-15(17)11-20/h2-10,12H,1H3,(H,23,24). The van der Waals surface area contributed by atoms with Gasteiger partial charge in [0.25, 0.3) is 5.91 Å². The lowest BCUT2D eigenvalue weighted by Gasteiger charge is -2.09. The first-order chi connectivity index (χ1) is 11.7. The Hall–Kier alpha value is -3.52. The molecule has 0 bridgehead atoms. The van der Waals surface area contributed by atoms with E-state index in [1.165, 1.54) is 6.20 Å². The summed E-state index contributed by atoms with van der Waals surface area (Å²) in [5.41, 5.74) is 2.72. The number of hydrogen-bond donors (Lipinski definition) is 1. The lowest BCUT2D eigenvalue weighted by Crippen LogP contribution is -2.15. The molecule has 1 heterocycles. The van der Waals surface area contributed by atoms with Crippen molar-refractivity contribution >= 4 is 11.6 Å². The average molecular weight is 314 g/mol. The summed E-state index contributed by atoms with van der Waals surface area (Å²) >= 11 is 0. The topological polar surface area (TPSA) is 78.7 Å². The van der Waals surface area contributed by atoms with Crippen molar-refractivity contribution in [3.63, 3.8) is 0 Å². The maximum atomic E-state index is 12.5. The van der Waals surface area contributed by atoms with Gasteiger partial charge in [-0.05, 0) is 19.1 Å². The van der Waals surface area contributed by atoms with Gasteiger partial charge in [-0.3, -0.25) is 4.79 Å². The lowest BCUT2D eigenvalue weighted by molar-refractivity contribution is 0.102. The van der Waals surface area contributed by atoms with E-state index in [-0.39, 0.29) is 5.91 Å². The van der Waals surface area contributed by atoms with E-state index in [0.717, 1.165) is 5.56 Å². The van der Waals surface area contributed by atoms with E-state index in [1.54, 1.807) is 31.2 Å². The van der Waals surface area contributed by atoms with Crippen molar-refractivity contribution in [3.05, 3.63) is 77.6 Å². The molecule has 1 aromatic heterocycles. The molecular weight excluding hydrogens is 300 g/mol. The summed E-state index contributed by atoms with van der Waals surface area (Å²) in [5.74, 6) is 0.233. The third-order valence-corrected chi connectivity index (χ3v) is 3.55. The molecule has 3 aromatic rings. The largest absolute Gasteiger partial charge is 0.321 e. The van der Waals surface area contributed by atoms with Gasteiger partial charge in [0.2, 0.25) is 0 Å². The molecule has 0 saturated heterocycles. The number of nitrogens with zero attached hydrogens (tertiary/aromatic N) is 3. The fourth-order valence-corrected chi connectivity index (χ4v) is 2.30. The summed E-state index contributed by atoms with van der Waals surface area (Å²) in [4.78, 5) is 21.1. The van der Waals surface area contributed by atoms with E-state index in [1.807, 2.05) is 30.3 Å². The molecule has 116 valence electrons. The van der Waals surface area contributed by atoms with Crippen molar-refractivity contribution < 1.29 is 4.79 Å². The highest BCUT2D eigenvalue weighted by atomic mass is 16.1. The minimum absolute atomic E-state index is 0.338. The van der Waals surface area contributed by atoms with E-state index in [4.69, 9.17) is 5.26 Å². The zero-order chi connectivity index (χ0) is 16.9. The van der Waals surface area contributed by atoms with Crippen molar-refractivity contribution in [1.82, 2.24) is 9.97 Å². The summed E-state index contributed by atoms with van der Waals surface area (Å²) in [6, 6.07) is 18.5. The number of anilines is 1. The molecule has 2 aromatic carbocycles. The Bertz CT molecular complexity index is 930. The zero-order valence-electron chi connectivity index (χ0n) is 13.0. The van der Waals surface area contributed by atoms with Crippen LogP contribution in [0.5, 0.6) is 0 Å². The Morgan fingerprint density at radius 2 is 1.79 bits per heavy atom. The van der Waals surface area contributed by atoms with Crippen molar-refractivity contribution in [2.24, 2.45) is 0 Å². The molecular formula is C19H14N4O. The molecule has 1 amide bonds. The first-order valence-corrected chi connectivity index (χ1v) is 7.38. The van der Waals surface area contributed by atoms with Crippen LogP contribution in [0.15, 0.2) is 60.8 Å². The highest BCUT2D eigenvalue weighted by Crippen LogP contribution is 2.18. The van der Waals surface area contributed by atoms with Crippen LogP contribution in [-0.2, 0) is 0 Å². The van der Waals surface area contributed by atoms with Gasteiger partial charge >= 0.3 is 0 Å². The van der Waals surface area contributed by atoms with Gasteiger partial charge in [-0.15, -0.1) is 0 Å². The van der Waals surface area contributed by atoms with E-state index in [2.05, 4.69) is 21.4 Å². The van der Waals surface area contributed by atoms with E-state index >= 15 is 0 Å². The Kier molecular flexibility index (Phi) is 4.30. The number of rotatable bonds is 3. The minimum Gasteiger partial charge on any atom is -0.321 e. The minimum atomic E-state index is -0.338. The molecule has 0 atom stereocenters. The number of benzene rings is 2. The molecule has 0 aliphatic carbocycles. The quantitative estimate of drug-likeness (QED) is 0.801. The van der Waals surface area contributed by atoms with Crippen LogP contribution in [0.2, 0.25) is 0 Å². The van der Waals surface area contributed by atoms with Gasteiger partial charge in [-0.1, -0.05) is 42.5 Å². The molecule has 24 heavy (non-hydrogen) atoms. The molecule has 0 radical (unpaired) electrons. The van der Waals surface area contributed by atoms with Crippen LogP contribution in [0.25, 0.3) is 11.4 Å². The van der Waals surface area contributed by atoms with Gasteiger partial charge < -0.3 is 5.32 Å². The molecule has 1 N–H and O–H groups in total. The zero-order valence-corrected chi connectivity index (χ0v) is 13.0. The fourth-order valence-electron chi connectivity index (χ4n) is 2.30. The van der Waals surface area contributed by atoms with Gasteiger partial charge in [0.05, 0.1) is 22.5 Å². The smallest absolute Gasteiger partial charge is 0.259 e. The van der Waals surface area contributed by atoms with Crippen LogP contribution in [-0.4, -0.2) is 15.9 Å². The Morgan fingerprint density at radius 1 is 1.08 bits per heavy atom. The molecule has 0 aliphatic heterocycles. The maximum absolute atomic E-state index is 12.5. The number of amides is 1. The van der Waals surface area contributed by atoms with E-state index in [9.17, 15) is 4.79 Å². The second-order valence-electron chi connectivity index (χ2n) is 5.17. The summed E-state index contributed by atoms with van der Waals surface area (Å²) in [6.45, 7) is 1.76. The Morgan fingerprint density at radius 3 is 2.50 bits per heavy atom. The molecule has 0 saturated carbocycles. The normalized spacial score (nSPS) is 10.0. The van der Waals surface area contributed by atoms with E-state index in [0.29, 0.717) is 28.3 Å². The van der Waals surface area contributed by atoms with Crippen molar-refractivity contribution in [1.29, 1.82) is 5.26 Å². The molecule has 0 unspecified atom stereocenters. The molecule has 0 spiro atoms. The van der Waals surface area contributed by atoms with Gasteiger partial charge in [0.15, 0.2) is 5.82 Å². The highest BCUT2D eigenvalue weighted by Gasteiger charge is 2.14. The fraction of sp³-hybridized carbons (Fsp3) is 0.0526. The summed E-state index contributed by atoms with van der Waals surface area (Å²) in [5, 5.41) is 11.8. The third-order valence-electron chi connectivity index (χ3n) is 3.55. The van der Waals surface area contributed by atoms with Gasteiger partial charge in [-0.25, -0.2) is 9.97 Å². The number of para-hydroxylation sites is 1. The molecule has 5 heteroatoms. The number of nitrogens with one attached hydrogen (secondary N) is 1. The number of carbonyl (C=O) groups excluding carboxylic acids is 1. The molecule has 3 rings (SSSR count). The number of nitriles is 1. The Balaban J connectivity index is 1.87. The van der Waals surface area contributed by atoms with Crippen LogP contribution in [0.3, 0.4) is 0 Å². The number of carbonyl (C=O) groups is 1. The van der Waals surface area contributed by atoms with Crippen molar-refractivity contribution in [2.45, 2.75) is 6.92 Å². The predicted molar refractivity (Wildman–Crippen MR) is 91.3 cm³/mol. The monoisotopic (exact) mass is 314 g/mol. The van der Waals surface area contributed by atoms with Crippen LogP contribution < -0.4 is 5.32 Å². The van der Waals surface area contributed by atoms with Gasteiger partial charge in [0, 0.05) is 11.8 Å². The summed E-state index contributed by atoms with van der Waals surface area (Å²) in [7, 11) is 0. The highest BCUT2D eigenvalue weighted by molar-refractivity contribution is 6.05. The van der Waals surface area contributed by atoms with Crippen molar-refractivity contribution in [2.75, 3.05) is 5.32 Å². The number of aryl methyl sites for hydroxylation is 1. The first-order valence-electron chi connectivity index (χ1n) is 7.38. The lowest BCUT2D eigenvalue weighted by atomic mass is 10.1. The average Bonchev–Trinajstić information content (AvgIpc) is 2.62. The molecule has 0 aliphatic rings. The van der Waals surface area contributed by atoms with Crippen LogP contribution in [0.4, 0.5) is 5.69 Å². The van der Waals surface area contributed by atoms with Crippen LogP contribution >= 0.6 is 0 Å². The van der Waals surface area contributed by atoms with Crippen molar-refractivity contribution in [3.8, 4) is 17.5 Å². The van der Waals surface area contributed by atoms with E-state index < -0.39 is 0 Å². The maximum Gasteiger partial charge on any atom is 0.259 e. The van der Waals surface area contributed by atoms with Gasteiger partial charge in [-0.2, -0.15) is 5.26 Å². The SMILES string of the molecule is Cc1nc(-c2ccccc2)ncc1C(=O)Nc1ccccc1C#N. The second-order valence-corrected chi connectivity index (χ2v) is 5.17. The van der Waals surface area contributed by atoms with Crippen LogP contribution in [0.1, 0.15) is 21.6 Å². The predicted octanol–water partition coefficient (Wildman–Crippen LogP) is 3.58. The summed E-state index contributed by atoms with van der Waals surface area (Å²) in [6.07, 6.45) is 1.51. The third kappa shape index (κ3) is 3.13.